The third-order valence-corrected chi connectivity index (χ3v) is 2.42. The molecule has 7 heteroatoms. The van der Waals surface area contributed by atoms with Crippen molar-refractivity contribution in [3.8, 4) is 0 Å². The summed E-state index contributed by atoms with van der Waals surface area (Å²) in [4.78, 5) is 19.5. The van der Waals surface area contributed by atoms with Crippen molar-refractivity contribution in [1.29, 1.82) is 0 Å². The lowest BCUT2D eigenvalue weighted by molar-refractivity contribution is 0.0596. The molecule has 0 unspecified atom stereocenters. The van der Waals surface area contributed by atoms with Crippen LogP contribution in [0.3, 0.4) is 0 Å². The number of carbonyl (C=O) groups excluding carboxylic acids is 1. The Labute approximate surface area is 89.4 Å². The molecule has 2 aromatic heterocycles. The average Bonchev–Trinajstić information content (AvgIpc) is 2.70. The highest BCUT2D eigenvalue weighted by molar-refractivity contribution is 7.98. The first-order chi connectivity index (χ1) is 7.26. The molecule has 0 atom stereocenters. The average molecular weight is 224 g/mol. The third-order valence-electron chi connectivity index (χ3n) is 1.86. The minimum atomic E-state index is -0.474. The van der Waals surface area contributed by atoms with Gasteiger partial charge >= 0.3 is 5.97 Å². The van der Waals surface area contributed by atoms with Gasteiger partial charge in [-0.2, -0.15) is 5.10 Å². The predicted octanol–water partition coefficient (Wildman–Crippen LogP) is 0.861. The van der Waals surface area contributed by atoms with Crippen molar-refractivity contribution in [1.82, 2.24) is 20.2 Å². The van der Waals surface area contributed by atoms with E-state index in [1.165, 1.54) is 18.9 Å². The van der Waals surface area contributed by atoms with E-state index in [9.17, 15) is 4.79 Å². The van der Waals surface area contributed by atoms with Crippen LogP contribution in [0.25, 0.3) is 11.0 Å². The fourth-order valence-corrected chi connectivity index (χ4v) is 1.48. The fraction of sp³-hybridized carbons (Fsp3) is 0.250. The van der Waals surface area contributed by atoms with Crippen LogP contribution >= 0.6 is 11.8 Å². The van der Waals surface area contributed by atoms with Crippen molar-refractivity contribution in [2.24, 2.45) is 0 Å². The number of hydrogen-bond donors (Lipinski definition) is 1. The maximum atomic E-state index is 11.3. The minimum Gasteiger partial charge on any atom is -0.464 e. The van der Waals surface area contributed by atoms with Crippen molar-refractivity contribution in [2.45, 2.75) is 5.16 Å². The van der Waals surface area contributed by atoms with E-state index < -0.39 is 5.97 Å². The molecule has 15 heavy (non-hydrogen) atoms. The van der Waals surface area contributed by atoms with E-state index in [0.29, 0.717) is 16.2 Å². The maximum Gasteiger partial charge on any atom is 0.356 e. The van der Waals surface area contributed by atoms with Crippen LogP contribution in [-0.2, 0) is 4.74 Å². The van der Waals surface area contributed by atoms with Gasteiger partial charge in [-0.1, -0.05) is 11.8 Å². The zero-order valence-electron chi connectivity index (χ0n) is 8.14. The molecule has 0 saturated carbocycles. The highest BCUT2D eigenvalue weighted by atomic mass is 32.2. The summed E-state index contributed by atoms with van der Waals surface area (Å²) < 4.78 is 4.59. The van der Waals surface area contributed by atoms with Gasteiger partial charge in [-0.3, -0.25) is 5.10 Å². The number of rotatable bonds is 2. The number of nitrogens with zero attached hydrogens (tertiary/aromatic N) is 3. The number of fused-ring (bicyclic) bond motifs is 1. The number of carbonyl (C=O) groups is 1. The molecule has 78 valence electrons. The van der Waals surface area contributed by atoms with Crippen LogP contribution in [-0.4, -0.2) is 39.5 Å². The first-order valence-corrected chi connectivity index (χ1v) is 5.32. The van der Waals surface area contributed by atoms with Crippen LogP contribution in [0.4, 0.5) is 0 Å². The summed E-state index contributed by atoms with van der Waals surface area (Å²) in [6.07, 6.45) is 3.43. The lowest BCUT2D eigenvalue weighted by Gasteiger charge is -1.95. The summed E-state index contributed by atoms with van der Waals surface area (Å²) in [7, 11) is 1.31. The highest BCUT2D eigenvalue weighted by Crippen LogP contribution is 2.16. The largest absolute Gasteiger partial charge is 0.464 e. The van der Waals surface area contributed by atoms with Crippen molar-refractivity contribution < 1.29 is 9.53 Å². The van der Waals surface area contributed by atoms with Crippen LogP contribution < -0.4 is 0 Å². The molecule has 1 N–H and O–H groups in total. The van der Waals surface area contributed by atoms with Crippen LogP contribution in [0.2, 0.25) is 0 Å². The highest BCUT2D eigenvalue weighted by Gasteiger charge is 2.15. The number of ether oxygens (including phenoxy) is 1. The SMILES string of the molecule is COC(=O)c1[nH]nc2nc(SC)ncc12. The molecular weight excluding hydrogens is 216 g/mol. The molecule has 2 rings (SSSR count). The second-order valence-electron chi connectivity index (χ2n) is 2.68. The summed E-state index contributed by atoms with van der Waals surface area (Å²) in [5.74, 6) is -0.474. The van der Waals surface area contributed by atoms with Gasteiger partial charge in [-0.15, -0.1) is 0 Å². The monoisotopic (exact) mass is 224 g/mol. The molecular formula is C8H8N4O2S. The van der Waals surface area contributed by atoms with E-state index in [0.717, 1.165) is 0 Å². The van der Waals surface area contributed by atoms with Crippen molar-refractivity contribution in [2.75, 3.05) is 13.4 Å². The van der Waals surface area contributed by atoms with Gasteiger partial charge in [0.2, 0.25) is 0 Å². The Morgan fingerprint density at radius 3 is 3.07 bits per heavy atom. The summed E-state index contributed by atoms with van der Waals surface area (Å²) in [6.45, 7) is 0. The number of hydrogen-bond acceptors (Lipinski definition) is 6. The Kier molecular flexibility index (Phi) is 2.55. The summed E-state index contributed by atoms with van der Waals surface area (Å²) in [5.41, 5.74) is 0.745. The zero-order chi connectivity index (χ0) is 10.8. The van der Waals surface area contributed by atoms with E-state index in [-0.39, 0.29) is 5.69 Å². The van der Waals surface area contributed by atoms with Gasteiger partial charge in [0.1, 0.15) is 0 Å². The molecule has 2 aromatic rings. The quantitative estimate of drug-likeness (QED) is 0.463. The lowest BCUT2D eigenvalue weighted by atomic mass is 10.3. The second kappa shape index (κ2) is 3.85. The third kappa shape index (κ3) is 1.65. The van der Waals surface area contributed by atoms with Gasteiger partial charge in [0.25, 0.3) is 0 Å². The molecule has 0 saturated heterocycles. The molecule has 0 aliphatic heterocycles. The van der Waals surface area contributed by atoms with Crippen LogP contribution in [0.5, 0.6) is 0 Å². The smallest absolute Gasteiger partial charge is 0.356 e. The second-order valence-corrected chi connectivity index (χ2v) is 3.46. The van der Waals surface area contributed by atoms with Crippen LogP contribution in [0.15, 0.2) is 11.4 Å². The number of nitrogens with one attached hydrogen (secondary N) is 1. The molecule has 0 aliphatic carbocycles. The van der Waals surface area contributed by atoms with E-state index >= 15 is 0 Å². The summed E-state index contributed by atoms with van der Waals surface area (Å²) >= 11 is 1.41. The Balaban J connectivity index is 2.57. The molecule has 0 fully saturated rings. The molecule has 0 amide bonds. The first-order valence-electron chi connectivity index (χ1n) is 4.09. The van der Waals surface area contributed by atoms with Crippen LogP contribution in [0.1, 0.15) is 10.5 Å². The number of esters is 1. The zero-order valence-corrected chi connectivity index (χ0v) is 8.96. The Hall–Kier alpha value is -1.63. The van der Waals surface area contributed by atoms with E-state index in [4.69, 9.17) is 0 Å². The van der Waals surface area contributed by atoms with Crippen molar-refractivity contribution in [3.05, 3.63) is 11.9 Å². The number of methoxy groups -OCH3 is 1. The Morgan fingerprint density at radius 2 is 2.40 bits per heavy atom. The number of H-pyrrole nitrogens is 1. The molecule has 2 heterocycles. The maximum absolute atomic E-state index is 11.3. The molecule has 0 spiro atoms. The topological polar surface area (TPSA) is 80.8 Å². The standard InChI is InChI=1S/C8H8N4O2S/c1-14-7(13)5-4-3-9-8(15-2)10-6(4)12-11-5/h3H,1-2H3,(H,9,10,11,12). The first kappa shape index (κ1) is 9.91. The van der Waals surface area contributed by atoms with Crippen LogP contribution in [0, 0.1) is 0 Å². The Bertz CT molecular complexity index is 510. The molecule has 6 nitrogen and oxygen atoms in total. The Morgan fingerprint density at radius 1 is 1.60 bits per heavy atom. The van der Waals surface area contributed by atoms with Gasteiger partial charge in [-0.05, 0) is 6.26 Å². The fourth-order valence-electron chi connectivity index (χ4n) is 1.14. The number of aromatic nitrogens is 4. The normalized spacial score (nSPS) is 10.5. The van der Waals surface area contributed by atoms with E-state index in [1.54, 1.807) is 6.20 Å². The number of aromatic amines is 1. The predicted molar refractivity (Wildman–Crippen MR) is 54.8 cm³/mol. The lowest BCUT2D eigenvalue weighted by Crippen LogP contribution is -2.02. The summed E-state index contributed by atoms with van der Waals surface area (Å²) in [5, 5.41) is 7.67. The minimum absolute atomic E-state index is 0.278. The summed E-state index contributed by atoms with van der Waals surface area (Å²) in [6, 6.07) is 0. The van der Waals surface area contributed by atoms with Crippen molar-refractivity contribution >= 4 is 28.8 Å². The van der Waals surface area contributed by atoms with Gasteiger partial charge in [0, 0.05) is 6.20 Å². The van der Waals surface area contributed by atoms with Crippen molar-refractivity contribution in [3.63, 3.8) is 0 Å². The molecule has 0 bridgehead atoms. The molecule has 0 aliphatic rings. The van der Waals surface area contributed by atoms with E-state index in [2.05, 4.69) is 24.9 Å². The van der Waals surface area contributed by atoms with Gasteiger partial charge in [0.15, 0.2) is 16.5 Å². The molecule has 0 aromatic carbocycles. The number of thioether (sulfide) groups is 1. The van der Waals surface area contributed by atoms with E-state index in [1.807, 2.05) is 6.26 Å². The molecule has 0 radical (unpaired) electrons. The van der Waals surface area contributed by atoms with Gasteiger partial charge < -0.3 is 4.74 Å². The van der Waals surface area contributed by atoms with Gasteiger partial charge in [-0.25, -0.2) is 14.8 Å². The van der Waals surface area contributed by atoms with Gasteiger partial charge in [0.05, 0.1) is 12.5 Å².